The molecule has 0 heteroatoms. The zero-order valence-electron chi connectivity index (χ0n) is 11.8. The van der Waals surface area contributed by atoms with Gasteiger partial charge in [-0.3, -0.25) is 0 Å². The van der Waals surface area contributed by atoms with E-state index in [-0.39, 0.29) is 0 Å². The molecular weight excluding hydrogens is 240 g/mol. The molecular formula is C20H16. The number of rotatable bonds is 0. The van der Waals surface area contributed by atoms with Crippen molar-refractivity contribution in [2.45, 2.75) is 13.8 Å². The van der Waals surface area contributed by atoms with Crippen LogP contribution in [0.3, 0.4) is 0 Å². The van der Waals surface area contributed by atoms with E-state index in [0.717, 1.165) is 11.1 Å². The van der Waals surface area contributed by atoms with Crippen molar-refractivity contribution in [3.63, 3.8) is 0 Å². The molecule has 0 N–H and O–H groups in total. The van der Waals surface area contributed by atoms with Crippen molar-refractivity contribution in [1.29, 1.82) is 0 Å². The number of hydrogen-bond donors (Lipinski definition) is 0. The summed E-state index contributed by atoms with van der Waals surface area (Å²) >= 11 is 0. The smallest absolute Gasteiger partial charge is 0.0333 e. The summed E-state index contributed by atoms with van der Waals surface area (Å²) in [4.78, 5) is 0. The standard InChI is InChI=1S/C20H16/c1-15(2)20-14-17(18-10-6-7-11-19(18)20)13-12-16-8-4-3-5-9-16/h3-11,14H,1-2H3. The molecule has 0 radical (unpaired) electrons. The Morgan fingerprint density at radius 1 is 0.750 bits per heavy atom. The van der Waals surface area contributed by atoms with Gasteiger partial charge in [0.05, 0.1) is 0 Å². The summed E-state index contributed by atoms with van der Waals surface area (Å²) in [6.07, 6.45) is 2.20. The van der Waals surface area contributed by atoms with Gasteiger partial charge >= 0.3 is 0 Å². The Hall–Kier alpha value is -2.52. The van der Waals surface area contributed by atoms with Gasteiger partial charge in [0.1, 0.15) is 0 Å². The lowest BCUT2D eigenvalue weighted by Crippen LogP contribution is -1.83. The van der Waals surface area contributed by atoms with Crippen molar-refractivity contribution in [3.05, 3.63) is 82.9 Å². The van der Waals surface area contributed by atoms with Crippen LogP contribution in [-0.4, -0.2) is 0 Å². The van der Waals surface area contributed by atoms with Gasteiger partial charge in [-0.15, -0.1) is 0 Å². The van der Waals surface area contributed by atoms with Crippen LogP contribution in [0.15, 0.2) is 66.2 Å². The highest BCUT2D eigenvalue weighted by Crippen LogP contribution is 2.36. The fourth-order valence-corrected chi connectivity index (χ4v) is 2.43. The summed E-state index contributed by atoms with van der Waals surface area (Å²) in [7, 11) is 0. The first kappa shape index (κ1) is 12.5. The van der Waals surface area contributed by atoms with Crippen LogP contribution in [0.4, 0.5) is 0 Å². The van der Waals surface area contributed by atoms with Gasteiger partial charge < -0.3 is 0 Å². The Morgan fingerprint density at radius 2 is 1.40 bits per heavy atom. The molecule has 0 spiro atoms. The highest BCUT2D eigenvalue weighted by atomic mass is 14.2. The molecule has 20 heavy (non-hydrogen) atoms. The van der Waals surface area contributed by atoms with Gasteiger partial charge in [-0.1, -0.05) is 59.9 Å². The normalized spacial score (nSPS) is 12.3. The minimum absolute atomic E-state index is 1.05. The van der Waals surface area contributed by atoms with Crippen LogP contribution < -0.4 is 0 Å². The Morgan fingerprint density at radius 3 is 2.10 bits per heavy atom. The van der Waals surface area contributed by atoms with E-state index in [2.05, 4.69) is 56.0 Å². The highest BCUT2D eigenvalue weighted by molar-refractivity contribution is 6.01. The molecule has 96 valence electrons. The van der Waals surface area contributed by atoms with Crippen LogP contribution in [0.5, 0.6) is 0 Å². The maximum absolute atomic E-state index is 3.32. The second-order valence-electron chi connectivity index (χ2n) is 5.13. The van der Waals surface area contributed by atoms with Crippen LogP contribution in [-0.2, 0) is 0 Å². The van der Waals surface area contributed by atoms with E-state index < -0.39 is 0 Å². The van der Waals surface area contributed by atoms with Gasteiger partial charge in [-0.25, -0.2) is 0 Å². The SMILES string of the molecule is CC(C)=C1C=C(C#Cc2ccccc2)c2ccccc21. The lowest BCUT2D eigenvalue weighted by molar-refractivity contribution is 1.40. The molecule has 3 rings (SSSR count). The Balaban J connectivity index is 2.06. The molecule has 0 amide bonds. The lowest BCUT2D eigenvalue weighted by atomic mass is 10.0. The van der Waals surface area contributed by atoms with Crippen LogP contribution in [0, 0.1) is 11.8 Å². The van der Waals surface area contributed by atoms with Gasteiger partial charge in [0.25, 0.3) is 0 Å². The first-order chi connectivity index (χ1) is 9.75. The van der Waals surface area contributed by atoms with Crippen molar-refractivity contribution in [1.82, 2.24) is 0 Å². The quantitative estimate of drug-likeness (QED) is 0.586. The van der Waals surface area contributed by atoms with Gasteiger partial charge in [-0.05, 0) is 48.8 Å². The van der Waals surface area contributed by atoms with Crippen molar-refractivity contribution >= 4 is 11.1 Å². The van der Waals surface area contributed by atoms with Gasteiger partial charge in [0.2, 0.25) is 0 Å². The number of hydrogen-bond acceptors (Lipinski definition) is 0. The molecule has 0 atom stereocenters. The third-order valence-corrected chi connectivity index (χ3v) is 3.45. The van der Waals surface area contributed by atoms with E-state index in [1.54, 1.807) is 0 Å². The number of benzene rings is 2. The summed E-state index contributed by atoms with van der Waals surface area (Å²) < 4.78 is 0. The van der Waals surface area contributed by atoms with Gasteiger partial charge in [0, 0.05) is 11.1 Å². The van der Waals surface area contributed by atoms with Crippen LogP contribution in [0.25, 0.3) is 11.1 Å². The molecule has 0 unspecified atom stereocenters. The second-order valence-corrected chi connectivity index (χ2v) is 5.13. The molecule has 1 aliphatic rings. The summed E-state index contributed by atoms with van der Waals surface area (Å²) in [6.45, 7) is 4.30. The summed E-state index contributed by atoms with van der Waals surface area (Å²) in [5.74, 6) is 6.56. The first-order valence-electron chi connectivity index (χ1n) is 6.82. The monoisotopic (exact) mass is 256 g/mol. The average Bonchev–Trinajstić information content (AvgIpc) is 2.85. The molecule has 0 saturated carbocycles. The minimum Gasteiger partial charge on any atom is -0.0685 e. The van der Waals surface area contributed by atoms with Crippen molar-refractivity contribution in [2.75, 3.05) is 0 Å². The van der Waals surface area contributed by atoms with E-state index in [0.29, 0.717) is 0 Å². The van der Waals surface area contributed by atoms with Gasteiger partial charge in [-0.2, -0.15) is 0 Å². The molecule has 0 bridgehead atoms. The third kappa shape index (κ3) is 2.31. The molecule has 0 heterocycles. The zero-order chi connectivity index (χ0) is 13.9. The largest absolute Gasteiger partial charge is 0.0685 e. The van der Waals surface area contributed by atoms with Crippen molar-refractivity contribution in [3.8, 4) is 11.8 Å². The Labute approximate surface area is 120 Å². The fraction of sp³-hybridized carbons (Fsp3) is 0.100. The lowest BCUT2D eigenvalue weighted by Gasteiger charge is -2.02. The highest BCUT2D eigenvalue weighted by Gasteiger charge is 2.16. The first-order valence-corrected chi connectivity index (χ1v) is 6.82. The third-order valence-electron chi connectivity index (χ3n) is 3.45. The van der Waals surface area contributed by atoms with Crippen LogP contribution in [0.2, 0.25) is 0 Å². The fourth-order valence-electron chi connectivity index (χ4n) is 2.43. The predicted molar refractivity (Wildman–Crippen MR) is 86.0 cm³/mol. The molecule has 1 aliphatic carbocycles. The Bertz CT molecular complexity index is 758. The maximum atomic E-state index is 3.32. The molecule has 0 aromatic heterocycles. The van der Waals surface area contributed by atoms with E-state index in [9.17, 15) is 0 Å². The second kappa shape index (κ2) is 5.23. The summed E-state index contributed by atoms with van der Waals surface area (Å²) in [6, 6.07) is 18.6. The zero-order valence-corrected chi connectivity index (χ0v) is 11.8. The molecule has 2 aromatic rings. The maximum Gasteiger partial charge on any atom is 0.0333 e. The number of allylic oxidation sites excluding steroid dienone is 4. The molecule has 2 aromatic carbocycles. The van der Waals surface area contributed by atoms with Crippen molar-refractivity contribution < 1.29 is 0 Å². The van der Waals surface area contributed by atoms with Crippen molar-refractivity contribution in [2.24, 2.45) is 0 Å². The minimum atomic E-state index is 1.05. The van der Waals surface area contributed by atoms with E-state index in [1.807, 2.05) is 30.3 Å². The average molecular weight is 256 g/mol. The predicted octanol–water partition coefficient (Wildman–Crippen LogP) is 4.93. The van der Waals surface area contributed by atoms with Crippen LogP contribution >= 0.6 is 0 Å². The van der Waals surface area contributed by atoms with Crippen LogP contribution in [0.1, 0.15) is 30.5 Å². The molecule has 0 saturated heterocycles. The molecule has 0 aliphatic heterocycles. The summed E-state index contributed by atoms with van der Waals surface area (Å²) in [5, 5.41) is 0. The summed E-state index contributed by atoms with van der Waals surface area (Å²) in [5.41, 5.74) is 7.33. The van der Waals surface area contributed by atoms with E-state index in [1.165, 1.54) is 22.3 Å². The van der Waals surface area contributed by atoms with Gasteiger partial charge in [0.15, 0.2) is 0 Å². The molecule has 0 nitrogen and oxygen atoms in total. The Kier molecular flexibility index (Phi) is 3.27. The molecule has 0 fully saturated rings. The number of fused-ring (bicyclic) bond motifs is 1. The van der Waals surface area contributed by atoms with E-state index >= 15 is 0 Å². The van der Waals surface area contributed by atoms with E-state index in [4.69, 9.17) is 0 Å². The topological polar surface area (TPSA) is 0 Å².